The van der Waals surface area contributed by atoms with Crippen LogP contribution in [0, 0.1) is 11.3 Å². The van der Waals surface area contributed by atoms with Gasteiger partial charge < -0.3 is 20.1 Å². The highest BCUT2D eigenvalue weighted by Crippen LogP contribution is 2.36. The molecule has 3 aliphatic rings. The number of hydrogen-bond acceptors (Lipinski definition) is 6. The van der Waals surface area contributed by atoms with Crippen LogP contribution < -0.4 is 15.2 Å². The molecule has 198 valence electrons. The largest absolute Gasteiger partial charge is 0.493 e. The summed E-state index contributed by atoms with van der Waals surface area (Å²) in [6, 6.07) is 5.98. The third kappa shape index (κ3) is 5.69. The average molecular weight is 499 g/mol. The number of hydrazone groups is 1. The number of nitrogens with two attached hydrogens (primary N) is 1. The van der Waals surface area contributed by atoms with Crippen LogP contribution in [0.3, 0.4) is 0 Å². The molecule has 0 bridgehead atoms. The quantitative estimate of drug-likeness (QED) is 0.614. The lowest BCUT2D eigenvalue weighted by atomic mass is 9.82. The Morgan fingerprint density at radius 3 is 2.44 bits per heavy atom. The van der Waals surface area contributed by atoms with E-state index in [2.05, 4.69) is 0 Å². The molecule has 4 rings (SSSR count). The van der Waals surface area contributed by atoms with Crippen LogP contribution in [-0.2, 0) is 9.59 Å². The number of likely N-dealkylation sites (tertiary alicyclic amines) is 1. The number of nitrogens with zero attached hydrogens (tertiary/aromatic N) is 3. The third-order valence-electron chi connectivity index (χ3n) is 8.20. The number of hydrogen-bond donors (Lipinski definition) is 1. The molecule has 1 aromatic rings. The first-order valence-corrected chi connectivity index (χ1v) is 13.4. The van der Waals surface area contributed by atoms with E-state index in [4.69, 9.17) is 20.3 Å². The predicted molar refractivity (Wildman–Crippen MR) is 140 cm³/mol. The highest BCUT2D eigenvalue weighted by Gasteiger charge is 2.42. The molecule has 2 N–H and O–H groups in total. The van der Waals surface area contributed by atoms with E-state index in [0.717, 1.165) is 43.4 Å². The second-order valence-electron chi connectivity index (χ2n) is 11.2. The van der Waals surface area contributed by atoms with Crippen molar-refractivity contribution >= 4 is 17.5 Å². The van der Waals surface area contributed by atoms with E-state index in [-0.39, 0.29) is 23.9 Å². The highest BCUT2D eigenvalue weighted by atomic mass is 16.5. The van der Waals surface area contributed by atoms with Gasteiger partial charge in [0.25, 0.3) is 0 Å². The van der Waals surface area contributed by atoms with Crippen molar-refractivity contribution in [1.82, 2.24) is 9.91 Å². The van der Waals surface area contributed by atoms with E-state index < -0.39 is 5.41 Å². The van der Waals surface area contributed by atoms with Gasteiger partial charge in [-0.05, 0) is 56.2 Å². The van der Waals surface area contributed by atoms with Gasteiger partial charge in [0.05, 0.1) is 31.4 Å². The number of methoxy groups -OCH3 is 2. The van der Waals surface area contributed by atoms with Crippen LogP contribution in [0.5, 0.6) is 11.5 Å². The number of carbonyl (C=O) groups is 2. The lowest BCUT2D eigenvalue weighted by Gasteiger charge is -2.42. The summed E-state index contributed by atoms with van der Waals surface area (Å²) in [4.78, 5) is 28.2. The first-order valence-electron chi connectivity index (χ1n) is 13.4. The lowest BCUT2D eigenvalue weighted by Crippen LogP contribution is -2.52. The van der Waals surface area contributed by atoms with Gasteiger partial charge in [0.2, 0.25) is 11.8 Å². The minimum absolute atomic E-state index is 0.0111. The molecule has 2 fully saturated rings. The van der Waals surface area contributed by atoms with E-state index in [1.807, 2.05) is 36.9 Å². The van der Waals surface area contributed by atoms with Gasteiger partial charge in [0.15, 0.2) is 11.5 Å². The molecule has 2 aliphatic heterocycles. The van der Waals surface area contributed by atoms with Crippen LogP contribution in [0.4, 0.5) is 0 Å². The smallest absolute Gasteiger partial charge is 0.248 e. The first kappa shape index (κ1) is 26.5. The molecule has 0 aromatic heterocycles. The van der Waals surface area contributed by atoms with Crippen molar-refractivity contribution in [2.24, 2.45) is 22.2 Å². The van der Waals surface area contributed by atoms with Crippen LogP contribution >= 0.6 is 0 Å². The van der Waals surface area contributed by atoms with Crippen molar-refractivity contribution < 1.29 is 19.1 Å². The number of rotatable bonds is 7. The minimum Gasteiger partial charge on any atom is -0.493 e. The van der Waals surface area contributed by atoms with Gasteiger partial charge in [-0.25, -0.2) is 5.01 Å². The summed E-state index contributed by atoms with van der Waals surface area (Å²) in [6.45, 7) is 5.27. The molecule has 0 spiro atoms. The molecule has 2 amide bonds. The SMILES string of the molecule is COc1ccc(C2=NN(C3CCN(C(=O)CCC4CCCCC4N)CC3)C(=O)C(C)(C)C2)cc1OC. The van der Waals surface area contributed by atoms with Crippen molar-refractivity contribution in [3.63, 3.8) is 0 Å². The van der Waals surface area contributed by atoms with Gasteiger partial charge >= 0.3 is 0 Å². The van der Waals surface area contributed by atoms with Crippen molar-refractivity contribution in [2.75, 3.05) is 27.3 Å². The summed E-state index contributed by atoms with van der Waals surface area (Å²) < 4.78 is 10.8. The number of carbonyl (C=O) groups excluding carboxylic acids is 2. The van der Waals surface area contributed by atoms with E-state index in [1.54, 1.807) is 19.2 Å². The maximum atomic E-state index is 13.4. The fourth-order valence-corrected chi connectivity index (χ4v) is 5.86. The number of benzene rings is 1. The van der Waals surface area contributed by atoms with Crippen LogP contribution in [0.15, 0.2) is 23.3 Å². The zero-order valence-corrected chi connectivity index (χ0v) is 22.3. The Bertz CT molecular complexity index is 984. The summed E-state index contributed by atoms with van der Waals surface area (Å²) >= 11 is 0. The Morgan fingerprint density at radius 1 is 1.08 bits per heavy atom. The molecule has 8 nitrogen and oxygen atoms in total. The molecule has 8 heteroatoms. The second kappa shape index (κ2) is 11.2. The molecule has 1 saturated heterocycles. The molecule has 2 heterocycles. The molecule has 1 saturated carbocycles. The van der Waals surface area contributed by atoms with Gasteiger partial charge in [-0.2, -0.15) is 5.10 Å². The van der Waals surface area contributed by atoms with Crippen molar-refractivity contribution in [3.8, 4) is 11.5 Å². The number of amides is 2. The van der Waals surface area contributed by atoms with Crippen LogP contribution in [0.25, 0.3) is 0 Å². The maximum Gasteiger partial charge on any atom is 0.248 e. The lowest BCUT2D eigenvalue weighted by molar-refractivity contribution is -0.145. The molecule has 1 aromatic carbocycles. The van der Waals surface area contributed by atoms with Crippen LogP contribution in [-0.4, -0.2) is 66.8 Å². The van der Waals surface area contributed by atoms with Gasteiger partial charge in [-0.15, -0.1) is 0 Å². The summed E-state index contributed by atoms with van der Waals surface area (Å²) in [6.07, 6.45) is 8.14. The fraction of sp³-hybridized carbons (Fsp3) is 0.679. The van der Waals surface area contributed by atoms with Gasteiger partial charge in [-0.3, -0.25) is 9.59 Å². The Balaban J connectivity index is 1.41. The van der Waals surface area contributed by atoms with Gasteiger partial charge in [0.1, 0.15) is 0 Å². The average Bonchev–Trinajstić information content (AvgIpc) is 2.89. The normalized spacial score (nSPS) is 24.9. The second-order valence-corrected chi connectivity index (χ2v) is 11.2. The van der Waals surface area contributed by atoms with E-state index in [9.17, 15) is 9.59 Å². The van der Waals surface area contributed by atoms with Gasteiger partial charge in [-0.1, -0.05) is 26.7 Å². The molecular weight excluding hydrogens is 456 g/mol. The summed E-state index contributed by atoms with van der Waals surface area (Å²) in [5.41, 5.74) is 7.50. The topological polar surface area (TPSA) is 97.5 Å². The van der Waals surface area contributed by atoms with E-state index in [0.29, 0.717) is 43.3 Å². The molecule has 1 aliphatic carbocycles. The molecule has 36 heavy (non-hydrogen) atoms. The number of piperidine rings is 1. The zero-order chi connectivity index (χ0) is 25.9. The monoisotopic (exact) mass is 498 g/mol. The highest BCUT2D eigenvalue weighted by molar-refractivity contribution is 6.06. The summed E-state index contributed by atoms with van der Waals surface area (Å²) in [5.74, 6) is 2.03. The zero-order valence-electron chi connectivity index (χ0n) is 22.3. The van der Waals surface area contributed by atoms with Crippen LogP contribution in [0.2, 0.25) is 0 Å². The van der Waals surface area contributed by atoms with E-state index >= 15 is 0 Å². The molecule has 2 unspecified atom stereocenters. The molecule has 0 radical (unpaired) electrons. The van der Waals surface area contributed by atoms with Crippen molar-refractivity contribution in [2.45, 2.75) is 83.7 Å². The first-order chi connectivity index (χ1) is 17.2. The van der Waals surface area contributed by atoms with Crippen LogP contribution in [0.1, 0.15) is 77.2 Å². The Hall–Kier alpha value is -2.61. The number of ether oxygens (including phenoxy) is 2. The Kier molecular flexibility index (Phi) is 8.23. The summed E-state index contributed by atoms with van der Waals surface area (Å²) in [7, 11) is 3.23. The molecule has 2 atom stereocenters. The fourth-order valence-electron chi connectivity index (χ4n) is 5.86. The Morgan fingerprint density at radius 2 is 1.78 bits per heavy atom. The maximum absolute atomic E-state index is 13.4. The Labute approximate surface area is 215 Å². The van der Waals surface area contributed by atoms with E-state index in [1.165, 1.54) is 12.8 Å². The predicted octanol–water partition coefficient (Wildman–Crippen LogP) is 3.96. The third-order valence-corrected chi connectivity index (χ3v) is 8.20. The van der Waals surface area contributed by atoms with Crippen molar-refractivity contribution in [1.29, 1.82) is 0 Å². The summed E-state index contributed by atoms with van der Waals surface area (Å²) in [5, 5.41) is 6.54. The standard InChI is InChI=1S/C28H42N4O4/c1-28(2)18-23(20-9-11-24(35-3)25(17-20)36-4)30-32(27(28)34)21-13-15-31(16-14-21)26(33)12-10-19-7-5-6-8-22(19)29/h9,11,17,19,21-22H,5-8,10,12-16,18,29H2,1-4H3. The van der Waals surface area contributed by atoms with Gasteiger partial charge in [0, 0.05) is 37.5 Å². The molecular formula is C28H42N4O4. The van der Waals surface area contributed by atoms with Crippen molar-refractivity contribution in [3.05, 3.63) is 23.8 Å². The minimum atomic E-state index is -0.560.